The van der Waals surface area contributed by atoms with E-state index in [1.807, 2.05) is 42.5 Å². The zero-order valence-electron chi connectivity index (χ0n) is 11.2. The Kier molecular flexibility index (Phi) is 3.88. The van der Waals surface area contributed by atoms with Gasteiger partial charge in [0.25, 0.3) is 0 Å². The number of hydrazine groups is 1. The Balaban J connectivity index is 2.06. The number of halogens is 2. The van der Waals surface area contributed by atoms with Crippen molar-refractivity contribution in [1.82, 2.24) is 5.43 Å². The van der Waals surface area contributed by atoms with E-state index in [0.717, 1.165) is 21.9 Å². The van der Waals surface area contributed by atoms with E-state index in [-0.39, 0.29) is 11.1 Å². The molecule has 4 heteroatoms. The lowest BCUT2D eigenvalue weighted by atomic mass is 9.96. The summed E-state index contributed by atoms with van der Waals surface area (Å²) in [6.45, 7) is 0. The molecule has 1 atom stereocenters. The van der Waals surface area contributed by atoms with Gasteiger partial charge in [0, 0.05) is 0 Å². The number of nitrogens with two attached hydrogens (primary N) is 1. The summed E-state index contributed by atoms with van der Waals surface area (Å²) in [6, 6.07) is 18.5. The summed E-state index contributed by atoms with van der Waals surface area (Å²) in [5, 5.41) is 2.37. The van der Waals surface area contributed by atoms with Crippen molar-refractivity contribution in [2.24, 2.45) is 5.84 Å². The van der Waals surface area contributed by atoms with E-state index in [9.17, 15) is 4.39 Å². The summed E-state index contributed by atoms with van der Waals surface area (Å²) in [6.07, 6.45) is 0. The van der Waals surface area contributed by atoms with Gasteiger partial charge in [-0.15, -0.1) is 0 Å². The van der Waals surface area contributed by atoms with Gasteiger partial charge in [-0.3, -0.25) is 5.84 Å². The van der Waals surface area contributed by atoms with E-state index in [2.05, 4.69) is 5.43 Å². The molecule has 0 spiro atoms. The predicted molar refractivity (Wildman–Crippen MR) is 84.5 cm³/mol. The Morgan fingerprint density at radius 2 is 1.57 bits per heavy atom. The molecule has 0 bridgehead atoms. The van der Waals surface area contributed by atoms with Gasteiger partial charge in [-0.25, -0.2) is 9.82 Å². The van der Waals surface area contributed by atoms with Gasteiger partial charge < -0.3 is 0 Å². The van der Waals surface area contributed by atoms with Gasteiger partial charge in [-0.05, 0) is 40.1 Å². The zero-order chi connectivity index (χ0) is 14.8. The van der Waals surface area contributed by atoms with Crippen molar-refractivity contribution in [3.63, 3.8) is 0 Å². The monoisotopic (exact) mass is 300 g/mol. The minimum Gasteiger partial charge on any atom is -0.271 e. The SMILES string of the molecule is NNC(c1ccc(Cl)c(F)c1)c1ccc2ccccc2c1. The highest BCUT2D eigenvalue weighted by molar-refractivity contribution is 6.30. The van der Waals surface area contributed by atoms with Crippen LogP contribution in [-0.2, 0) is 0 Å². The average Bonchev–Trinajstić information content (AvgIpc) is 2.51. The molecular weight excluding hydrogens is 287 g/mol. The maximum absolute atomic E-state index is 13.6. The van der Waals surface area contributed by atoms with E-state index >= 15 is 0 Å². The largest absolute Gasteiger partial charge is 0.271 e. The van der Waals surface area contributed by atoms with E-state index in [1.165, 1.54) is 12.1 Å². The Morgan fingerprint density at radius 1 is 0.905 bits per heavy atom. The van der Waals surface area contributed by atoms with Crippen molar-refractivity contribution in [3.05, 3.63) is 82.6 Å². The van der Waals surface area contributed by atoms with Gasteiger partial charge in [-0.2, -0.15) is 0 Å². The van der Waals surface area contributed by atoms with E-state index < -0.39 is 5.82 Å². The second kappa shape index (κ2) is 5.82. The zero-order valence-corrected chi connectivity index (χ0v) is 11.9. The van der Waals surface area contributed by atoms with Crippen LogP contribution in [0.3, 0.4) is 0 Å². The summed E-state index contributed by atoms with van der Waals surface area (Å²) in [4.78, 5) is 0. The molecule has 0 fully saturated rings. The summed E-state index contributed by atoms with van der Waals surface area (Å²) in [7, 11) is 0. The molecule has 0 heterocycles. The molecule has 106 valence electrons. The Morgan fingerprint density at radius 3 is 2.29 bits per heavy atom. The van der Waals surface area contributed by atoms with Crippen LogP contribution in [0.2, 0.25) is 5.02 Å². The predicted octanol–water partition coefficient (Wildman–Crippen LogP) is 4.19. The molecule has 0 saturated heterocycles. The Bertz CT molecular complexity index is 789. The summed E-state index contributed by atoms with van der Waals surface area (Å²) in [5.41, 5.74) is 4.44. The van der Waals surface area contributed by atoms with Crippen molar-refractivity contribution in [2.75, 3.05) is 0 Å². The molecular formula is C17H14ClFN2. The lowest BCUT2D eigenvalue weighted by molar-refractivity contribution is 0.606. The van der Waals surface area contributed by atoms with Crippen LogP contribution >= 0.6 is 11.6 Å². The first-order valence-corrected chi connectivity index (χ1v) is 6.96. The molecule has 0 radical (unpaired) electrons. The topological polar surface area (TPSA) is 38.0 Å². The van der Waals surface area contributed by atoms with Crippen LogP contribution < -0.4 is 11.3 Å². The molecule has 0 aliphatic carbocycles. The highest BCUT2D eigenvalue weighted by Crippen LogP contribution is 2.27. The Hall–Kier alpha value is -1.94. The molecule has 0 aliphatic heterocycles. The van der Waals surface area contributed by atoms with Crippen LogP contribution in [0.4, 0.5) is 4.39 Å². The average molecular weight is 301 g/mol. The van der Waals surface area contributed by atoms with Crippen LogP contribution in [-0.4, -0.2) is 0 Å². The second-order valence-electron chi connectivity index (χ2n) is 4.88. The third-order valence-corrected chi connectivity index (χ3v) is 3.86. The second-order valence-corrected chi connectivity index (χ2v) is 5.29. The lowest BCUT2D eigenvalue weighted by Crippen LogP contribution is -2.28. The molecule has 0 aliphatic rings. The Labute approximate surface area is 127 Å². The molecule has 3 aromatic carbocycles. The van der Waals surface area contributed by atoms with Gasteiger partial charge in [-0.1, -0.05) is 54.1 Å². The first-order chi connectivity index (χ1) is 10.2. The third kappa shape index (κ3) is 2.76. The molecule has 2 nitrogen and oxygen atoms in total. The van der Waals surface area contributed by atoms with Crippen molar-refractivity contribution in [1.29, 1.82) is 0 Å². The van der Waals surface area contributed by atoms with E-state index in [0.29, 0.717) is 0 Å². The smallest absolute Gasteiger partial charge is 0.142 e. The maximum Gasteiger partial charge on any atom is 0.142 e. The summed E-state index contributed by atoms with van der Waals surface area (Å²) < 4.78 is 13.6. The van der Waals surface area contributed by atoms with Gasteiger partial charge in [0.15, 0.2) is 0 Å². The van der Waals surface area contributed by atoms with Gasteiger partial charge in [0.2, 0.25) is 0 Å². The number of nitrogens with one attached hydrogen (secondary N) is 1. The van der Waals surface area contributed by atoms with Crippen molar-refractivity contribution >= 4 is 22.4 Å². The molecule has 21 heavy (non-hydrogen) atoms. The number of fused-ring (bicyclic) bond motifs is 1. The lowest BCUT2D eigenvalue weighted by Gasteiger charge is -2.18. The first kappa shape index (κ1) is 14.0. The normalized spacial score (nSPS) is 12.5. The molecule has 0 aromatic heterocycles. The fourth-order valence-corrected chi connectivity index (χ4v) is 2.58. The quantitative estimate of drug-likeness (QED) is 0.562. The highest BCUT2D eigenvalue weighted by Gasteiger charge is 2.14. The molecule has 3 aromatic rings. The van der Waals surface area contributed by atoms with Crippen molar-refractivity contribution in [3.8, 4) is 0 Å². The van der Waals surface area contributed by atoms with Gasteiger partial charge in [0.1, 0.15) is 5.82 Å². The van der Waals surface area contributed by atoms with Crippen LogP contribution in [0, 0.1) is 5.82 Å². The number of hydrogen-bond acceptors (Lipinski definition) is 2. The molecule has 3 rings (SSSR count). The molecule has 0 amide bonds. The van der Waals surface area contributed by atoms with Gasteiger partial charge in [0.05, 0.1) is 11.1 Å². The standard InChI is InChI=1S/C17H14ClFN2/c18-15-8-7-14(10-16(15)19)17(21-20)13-6-5-11-3-1-2-4-12(11)9-13/h1-10,17,21H,20H2. The minimum atomic E-state index is -0.449. The fourth-order valence-electron chi connectivity index (χ4n) is 2.46. The number of rotatable bonds is 3. The molecule has 1 unspecified atom stereocenters. The highest BCUT2D eigenvalue weighted by atomic mass is 35.5. The van der Waals surface area contributed by atoms with E-state index in [4.69, 9.17) is 17.4 Å². The van der Waals surface area contributed by atoms with E-state index in [1.54, 1.807) is 6.07 Å². The van der Waals surface area contributed by atoms with Crippen molar-refractivity contribution in [2.45, 2.75) is 6.04 Å². The third-order valence-electron chi connectivity index (χ3n) is 3.55. The van der Waals surface area contributed by atoms with Crippen LogP contribution in [0.15, 0.2) is 60.7 Å². The summed E-state index contributed by atoms with van der Waals surface area (Å²) in [5.74, 6) is 5.21. The fraction of sp³-hybridized carbons (Fsp3) is 0.0588. The summed E-state index contributed by atoms with van der Waals surface area (Å²) >= 11 is 5.73. The van der Waals surface area contributed by atoms with Gasteiger partial charge >= 0.3 is 0 Å². The van der Waals surface area contributed by atoms with Crippen LogP contribution in [0.1, 0.15) is 17.2 Å². The number of hydrogen-bond donors (Lipinski definition) is 2. The minimum absolute atomic E-state index is 0.105. The van der Waals surface area contributed by atoms with Crippen LogP contribution in [0.5, 0.6) is 0 Å². The number of benzene rings is 3. The maximum atomic E-state index is 13.6. The first-order valence-electron chi connectivity index (χ1n) is 6.59. The van der Waals surface area contributed by atoms with Crippen molar-refractivity contribution < 1.29 is 4.39 Å². The van der Waals surface area contributed by atoms with Crippen LogP contribution in [0.25, 0.3) is 10.8 Å². The molecule has 3 N–H and O–H groups in total. The molecule has 0 saturated carbocycles.